The van der Waals surface area contributed by atoms with Crippen LogP contribution in [-0.2, 0) is 14.8 Å². The number of hydrogen-bond donors (Lipinski definition) is 4. The first-order valence-corrected chi connectivity index (χ1v) is 7.50. The summed E-state index contributed by atoms with van der Waals surface area (Å²) < 4.78 is 26.2. The molecule has 0 heterocycles. The minimum atomic E-state index is -3.72. The molecule has 0 saturated carbocycles. The SMILES string of the molecule is CC(C)(C)NC(=O)CNS(=O)(=O)c1ccc(NN)cc1. The molecule has 0 atom stereocenters. The molecule has 1 rings (SSSR count). The van der Waals surface area contributed by atoms with Crippen molar-refractivity contribution in [1.82, 2.24) is 10.0 Å². The molecule has 112 valence electrons. The zero-order valence-corrected chi connectivity index (χ0v) is 12.5. The lowest BCUT2D eigenvalue weighted by Crippen LogP contribution is -2.45. The van der Waals surface area contributed by atoms with E-state index in [4.69, 9.17) is 5.84 Å². The minimum absolute atomic E-state index is 0.0695. The fraction of sp³-hybridized carbons (Fsp3) is 0.417. The van der Waals surface area contributed by atoms with E-state index in [2.05, 4.69) is 15.5 Å². The van der Waals surface area contributed by atoms with E-state index in [0.717, 1.165) is 0 Å². The predicted octanol–water partition coefficient (Wildman–Crippen LogP) is 0.165. The van der Waals surface area contributed by atoms with Gasteiger partial charge in [0.1, 0.15) is 0 Å². The topological polar surface area (TPSA) is 113 Å². The zero-order chi connectivity index (χ0) is 15.4. The number of anilines is 1. The predicted molar refractivity (Wildman–Crippen MR) is 77.3 cm³/mol. The monoisotopic (exact) mass is 300 g/mol. The number of carbonyl (C=O) groups excluding carboxylic acids is 1. The van der Waals surface area contributed by atoms with Crippen LogP contribution >= 0.6 is 0 Å². The minimum Gasteiger partial charge on any atom is -0.350 e. The third-order valence-electron chi connectivity index (χ3n) is 2.27. The van der Waals surface area contributed by atoms with Gasteiger partial charge in [-0.05, 0) is 45.0 Å². The van der Waals surface area contributed by atoms with Gasteiger partial charge in [0.15, 0.2) is 0 Å². The number of rotatable bonds is 5. The highest BCUT2D eigenvalue weighted by Gasteiger charge is 2.18. The number of hydrogen-bond acceptors (Lipinski definition) is 5. The Morgan fingerprint density at radius 2 is 1.75 bits per heavy atom. The molecule has 0 spiro atoms. The van der Waals surface area contributed by atoms with Crippen LogP contribution < -0.4 is 21.3 Å². The van der Waals surface area contributed by atoms with E-state index in [1.165, 1.54) is 24.3 Å². The lowest BCUT2D eigenvalue weighted by atomic mass is 10.1. The van der Waals surface area contributed by atoms with Crippen LogP contribution in [-0.4, -0.2) is 26.4 Å². The van der Waals surface area contributed by atoms with Crippen LogP contribution in [0.15, 0.2) is 29.2 Å². The largest absolute Gasteiger partial charge is 0.350 e. The Labute approximate surface area is 119 Å². The van der Waals surface area contributed by atoms with E-state index < -0.39 is 15.6 Å². The second-order valence-corrected chi connectivity index (χ2v) is 7.06. The molecule has 0 aliphatic carbocycles. The van der Waals surface area contributed by atoms with E-state index in [0.29, 0.717) is 5.69 Å². The van der Waals surface area contributed by atoms with Gasteiger partial charge in [0.05, 0.1) is 11.4 Å². The maximum absolute atomic E-state index is 12.0. The summed E-state index contributed by atoms with van der Waals surface area (Å²) in [6.45, 7) is 5.14. The second kappa shape index (κ2) is 6.21. The number of carbonyl (C=O) groups is 1. The molecule has 0 bridgehead atoms. The van der Waals surface area contributed by atoms with E-state index >= 15 is 0 Å². The summed E-state index contributed by atoms with van der Waals surface area (Å²) in [4.78, 5) is 11.6. The summed E-state index contributed by atoms with van der Waals surface area (Å²) in [6, 6.07) is 5.87. The Balaban J connectivity index is 2.68. The molecule has 5 N–H and O–H groups in total. The molecule has 20 heavy (non-hydrogen) atoms. The molecule has 0 fully saturated rings. The van der Waals surface area contributed by atoms with Crippen LogP contribution in [0.2, 0.25) is 0 Å². The van der Waals surface area contributed by atoms with Gasteiger partial charge in [0, 0.05) is 11.2 Å². The summed E-state index contributed by atoms with van der Waals surface area (Å²) in [6.07, 6.45) is 0. The molecule has 0 aromatic heterocycles. The van der Waals surface area contributed by atoms with E-state index in [-0.39, 0.29) is 17.3 Å². The molecule has 0 saturated heterocycles. The number of hydrazine groups is 1. The number of nitrogen functional groups attached to an aromatic ring is 1. The molecule has 7 nitrogen and oxygen atoms in total. The van der Waals surface area contributed by atoms with Gasteiger partial charge in [-0.15, -0.1) is 0 Å². The highest BCUT2D eigenvalue weighted by Crippen LogP contribution is 2.12. The first kappa shape index (κ1) is 16.4. The van der Waals surface area contributed by atoms with Crippen LogP contribution in [0.25, 0.3) is 0 Å². The number of benzene rings is 1. The van der Waals surface area contributed by atoms with Crippen molar-refractivity contribution in [2.45, 2.75) is 31.2 Å². The molecule has 1 aromatic carbocycles. The fourth-order valence-electron chi connectivity index (χ4n) is 1.44. The van der Waals surface area contributed by atoms with Crippen molar-refractivity contribution in [2.24, 2.45) is 5.84 Å². The summed E-state index contributed by atoms with van der Waals surface area (Å²) in [5.41, 5.74) is 2.59. The van der Waals surface area contributed by atoms with Crippen molar-refractivity contribution in [2.75, 3.05) is 12.0 Å². The lowest BCUT2D eigenvalue weighted by Gasteiger charge is -2.20. The van der Waals surface area contributed by atoms with Crippen molar-refractivity contribution in [3.05, 3.63) is 24.3 Å². The molecule has 1 amide bonds. The van der Waals surface area contributed by atoms with Crippen LogP contribution in [0.3, 0.4) is 0 Å². The smallest absolute Gasteiger partial charge is 0.241 e. The molecule has 0 aliphatic rings. The second-order valence-electron chi connectivity index (χ2n) is 5.29. The Hall–Kier alpha value is -1.64. The first-order chi connectivity index (χ1) is 9.14. The summed E-state index contributed by atoms with van der Waals surface area (Å²) in [5, 5.41) is 2.67. The standard InChI is InChI=1S/C12H20N4O3S/c1-12(2,3)15-11(17)8-14-20(18,19)10-6-4-9(16-13)5-7-10/h4-7,14,16H,8,13H2,1-3H3,(H,15,17). The number of sulfonamides is 1. The van der Waals surface area contributed by atoms with Crippen LogP contribution in [0, 0.1) is 0 Å². The number of nitrogens with two attached hydrogens (primary N) is 1. The van der Waals surface area contributed by atoms with Gasteiger partial charge in [0.25, 0.3) is 0 Å². The molecule has 0 unspecified atom stereocenters. The molecule has 0 aliphatic heterocycles. The average molecular weight is 300 g/mol. The quantitative estimate of drug-likeness (QED) is 0.457. The molecule has 0 radical (unpaired) electrons. The average Bonchev–Trinajstić information content (AvgIpc) is 2.35. The van der Waals surface area contributed by atoms with Gasteiger partial charge in [-0.2, -0.15) is 0 Å². The Morgan fingerprint density at radius 3 is 2.20 bits per heavy atom. The first-order valence-electron chi connectivity index (χ1n) is 6.01. The van der Waals surface area contributed by atoms with Gasteiger partial charge in [-0.25, -0.2) is 13.1 Å². The van der Waals surface area contributed by atoms with E-state index in [1.807, 2.05) is 20.8 Å². The third kappa shape index (κ3) is 5.16. The van der Waals surface area contributed by atoms with Gasteiger partial charge in [0.2, 0.25) is 15.9 Å². The summed E-state index contributed by atoms with van der Waals surface area (Å²) in [7, 11) is -3.72. The Bertz CT molecular complexity index is 561. The molecular formula is C12H20N4O3S. The maximum atomic E-state index is 12.0. The van der Waals surface area contributed by atoms with Gasteiger partial charge >= 0.3 is 0 Å². The lowest BCUT2D eigenvalue weighted by molar-refractivity contribution is -0.121. The zero-order valence-electron chi connectivity index (χ0n) is 11.7. The molecular weight excluding hydrogens is 280 g/mol. The van der Waals surface area contributed by atoms with Crippen molar-refractivity contribution in [3.63, 3.8) is 0 Å². The van der Waals surface area contributed by atoms with Crippen molar-refractivity contribution < 1.29 is 13.2 Å². The van der Waals surface area contributed by atoms with Gasteiger partial charge in [-0.3, -0.25) is 10.6 Å². The summed E-state index contributed by atoms with van der Waals surface area (Å²) in [5.74, 6) is 4.81. The van der Waals surface area contributed by atoms with Gasteiger partial charge in [-0.1, -0.05) is 0 Å². The van der Waals surface area contributed by atoms with Crippen LogP contribution in [0.1, 0.15) is 20.8 Å². The van der Waals surface area contributed by atoms with E-state index in [9.17, 15) is 13.2 Å². The molecule has 8 heteroatoms. The summed E-state index contributed by atoms with van der Waals surface area (Å²) >= 11 is 0. The van der Waals surface area contributed by atoms with Crippen LogP contribution in [0.4, 0.5) is 5.69 Å². The maximum Gasteiger partial charge on any atom is 0.241 e. The fourth-order valence-corrected chi connectivity index (χ4v) is 2.42. The van der Waals surface area contributed by atoms with Crippen molar-refractivity contribution in [1.29, 1.82) is 0 Å². The molecule has 1 aromatic rings. The third-order valence-corrected chi connectivity index (χ3v) is 3.69. The Morgan fingerprint density at radius 1 is 1.20 bits per heavy atom. The normalized spacial score (nSPS) is 12.0. The van der Waals surface area contributed by atoms with Crippen molar-refractivity contribution >= 4 is 21.6 Å². The highest BCUT2D eigenvalue weighted by molar-refractivity contribution is 7.89. The van der Waals surface area contributed by atoms with Crippen molar-refractivity contribution in [3.8, 4) is 0 Å². The van der Waals surface area contributed by atoms with E-state index in [1.54, 1.807) is 0 Å². The van der Waals surface area contributed by atoms with Gasteiger partial charge < -0.3 is 10.7 Å². The van der Waals surface area contributed by atoms with Crippen LogP contribution in [0.5, 0.6) is 0 Å². The highest BCUT2D eigenvalue weighted by atomic mass is 32.2. The number of nitrogens with one attached hydrogen (secondary N) is 3. The Kier molecular flexibility index (Phi) is 5.09. The number of amides is 1.